The lowest BCUT2D eigenvalue weighted by molar-refractivity contribution is 0.255. The van der Waals surface area contributed by atoms with Crippen molar-refractivity contribution in [2.24, 2.45) is 0 Å². The molecule has 0 saturated carbocycles. The molecule has 0 aromatic rings. The number of halogens is 2. The standard InChI is InChI=1S/CH2F2S/c2-1(3)4/h1,4H. The van der Waals surface area contributed by atoms with E-state index in [1.54, 1.807) is 0 Å². The molecular weight excluding hydrogens is 82.1 g/mol. The van der Waals surface area contributed by atoms with Crippen LogP contribution in [-0.2, 0) is 0 Å². The van der Waals surface area contributed by atoms with Gasteiger partial charge >= 0.3 is 0 Å². The number of hydrogen-bond acceptors (Lipinski definition) is 1. The molecule has 0 aromatic heterocycles. The molecule has 0 nitrogen and oxygen atoms in total. The van der Waals surface area contributed by atoms with E-state index in [1.807, 2.05) is 0 Å². The average Bonchev–Trinajstić information content (AvgIpc) is 0.811. The van der Waals surface area contributed by atoms with E-state index >= 15 is 0 Å². The van der Waals surface area contributed by atoms with Crippen LogP contribution in [-0.4, -0.2) is 5.76 Å². The Morgan fingerprint density at radius 3 is 1.50 bits per heavy atom. The molecule has 3 heteroatoms. The van der Waals surface area contributed by atoms with E-state index in [2.05, 4.69) is 12.6 Å². The molecule has 0 aliphatic rings. The third-order valence-corrected chi connectivity index (χ3v) is 0. The minimum Gasteiger partial charge on any atom is -0.198 e. The Morgan fingerprint density at radius 2 is 1.50 bits per heavy atom. The highest BCUT2D eigenvalue weighted by Gasteiger charge is 1.80. The summed E-state index contributed by atoms with van der Waals surface area (Å²) in [6, 6.07) is 0. The normalized spacial score (nSPS) is 9.00. The van der Waals surface area contributed by atoms with Gasteiger partial charge in [-0.2, -0.15) is 8.78 Å². The van der Waals surface area contributed by atoms with Crippen molar-refractivity contribution < 1.29 is 8.78 Å². The quantitative estimate of drug-likeness (QED) is 0.418. The molecule has 0 rings (SSSR count). The second kappa shape index (κ2) is 1.52. The summed E-state index contributed by atoms with van der Waals surface area (Å²) < 4.78 is 20.4. The molecule has 0 unspecified atom stereocenters. The highest BCUT2D eigenvalue weighted by Crippen LogP contribution is 1.92. The molecule has 0 heterocycles. The fourth-order valence-electron chi connectivity index (χ4n) is 0. The Bertz CT molecular complexity index is 10.8. The van der Waals surface area contributed by atoms with Crippen LogP contribution in [0.2, 0.25) is 0 Å². The zero-order valence-electron chi connectivity index (χ0n) is 1.78. The van der Waals surface area contributed by atoms with Crippen LogP contribution < -0.4 is 0 Å². The van der Waals surface area contributed by atoms with Crippen LogP contribution in [0.25, 0.3) is 0 Å². The Morgan fingerprint density at radius 1 is 1.50 bits per heavy atom. The first-order valence-electron chi connectivity index (χ1n) is 0.695. The van der Waals surface area contributed by atoms with Gasteiger partial charge in [0.15, 0.2) is 0 Å². The highest BCUT2D eigenvalue weighted by molar-refractivity contribution is 7.80. The monoisotopic (exact) mass is 84.0 g/mol. The molecule has 0 fully saturated rings. The molecule has 0 saturated heterocycles. The largest absolute Gasteiger partial charge is 0.281 e. The molecule has 0 aliphatic heterocycles. The lowest BCUT2D eigenvalue weighted by Gasteiger charge is -1.69. The van der Waals surface area contributed by atoms with Crippen LogP contribution in [0.5, 0.6) is 0 Å². The molecule has 26 valence electrons. The highest BCUT2D eigenvalue weighted by atomic mass is 32.1. The van der Waals surface area contributed by atoms with Crippen molar-refractivity contribution in [2.75, 3.05) is 0 Å². The number of thiol groups is 1. The van der Waals surface area contributed by atoms with Gasteiger partial charge in [-0.05, 0) is 0 Å². The Kier molecular flexibility index (Phi) is 1.60. The molecule has 0 bridgehead atoms. The third kappa shape index (κ3) is 73.4. The molecule has 0 spiro atoms. The molecule has 0 N–H and O–H groups in total. The zero-order valence-corrected chi connectivity index (χ0v) is 2.67. The first-order valence-corrected chi connectivity index (χ1v) is 1.21. The van der Waals surface area contributed by atoms with Crippen molar-refractivity contribution >= 4 is 12.6 Å². The summed E-state index contributed by atoms with van der Waals surface area (Å²) in [5.41, 5.74) is 0. The molecule has 0 atom stereocenters. The number of rotatable bonds is 0. The maximum Gasteiger partial charge on any atom is 0.281 e. The molecular formula is CH2F2S. The minimum atomic E-state index is -2.47. The predicted octanol–water partition coefficient (Wildman–Crippen LogP) is 1.14. The smallest absolute Gasteiger partial charge is 0.198 e. The van der Waals surface area contributed by atoms with Crippen LogP contribution in [0, 0.1) is 0 Å². The lowest BCUT2D eigenvalue weighted by atomic mass is 11.7. The van der Waals surface area contributed by atoms with Crippen LogP contribution in [0.4, 0.5) is 8.78 Å². The summed E-state index contributed by atoms with van der Waals surface area (Å²) >= 11 is 2.63. The lowest BCUT2D eigenvalue weighted by Crippen LogP contribution is -1.62. The predicted molar refractivity (Wildman–Crippen MR) is 15.0 cm³/mol. The second-order valence-corrected chi connectivity index (χ2v) is 0.668. The summed E-state index contributed by atoms with van der Waals surface area (Å²) in [7, 11) is 0. The van der Waals surface area contributed by atoms with Crippen LogP contribution in [0.3, 0.4) is 0 Å². The van der Waals surface area contributed by atoms with Gasteiger partial charge in [0.05, 0.1) is 0 Å². The topological polar surface area (TPSA) is 0 Å². The first-order chi connectivity index (χ1) is 1.73. The summed E-state index contributed by atoms with van der Waals surface area (Å²) in [6.07, 6.45) is 0. The van der Waals surface area contributed by atoms with Crippen LogP contribution in [0.15, 0.2) is 0 Å². The molecule has 0 aromatic carbocycles. The van der Waals surface area contributed by atoms with Crippen molar-refractivity contribution in [2.45, 2.75) is 5.76 Å². The van der Waals surface area contributed by atoms with Gasteiger partial charge in [-0.25, -0.2) is 0 Å². The van der Waals surface area contributed by atoms with Gasteiger partial charge in [-0.1, -0.05) is 0 Å². The molecule has 0 aliphatic carbocycles. The van der Waals surface area contributed by atoms with Crippen molar-refractivity contribution in [1.82, 2.24) is 0 Å². The maximum atomic E-state index is 10.2. The summed E-state index contributed by atoms with van der Waals surface area (Å²) in [5.74, 6) is -2.47. The third-order valence-electron chi connectivity index (χ3n) is 0. The fraction of sp³-hybridized carbons (Fsp3) is 1.00. The molecule has 0 radical (unpaired) electrons. The van der Waals surface area contributed by atoms with Gasteiger partial charge in [0.25, 0.3) is 5.76 Å². The van der Waals surface area contributed by atoms with Crippen LogP contribution in [0.1, 0.15) is 0 Å². The van der Waals surface area contributed by atoms with E-state index in [1.165, 1.54) is 0 Å². The molecule has 0 amide bonds. The summed E-state index contributed by atoms with van der Waals surface area (Å²) in [4.78, 5) is 0. The first kappa shape index (κ1) is 4.21. The van der Waals surface area contributed by atoms with Gasteiger partial charge in [-0.3, -0.25) is 0 Å². The summed E-state index contributed by atoms with van der Waals surface area (Å²) in [5, 5.41) is 0. The number of hydrogen-bond donors (Lipinski definition) is 1. The zero-order chi connectivity index (χ0) is 3.58. The van der Waals surface area contributed by atoms with Crippen LogP contribution >= 0.6 is 12.6 Å². The van der Waals surface area contributed by atoms with Gasteiger partial charge < -0.3 is 0 Å². The fourth-order valence-corrected chi connectivity index (χ4v) is 0. The van der Waals surface area contributed by atoms with E-state index < -0.39 is 5.76 Å². The van der Waals surface area contributed by atoms with Gasteiger partial charge in [0, 0.05) is 0 Å². The number of alkyl halides is 2. The minimum absolute atomic E-state index is 2.47. The van der Waals surface area contributed by atoms with E-state index in [9.17, 15) is 8.78 Å². The van der Waals surface area contributed by atoms with Crippen molar-refractivity contribution in [3.8, 4) is 0 Å². The van der Waals surface area contributed by atoms with Crippen molar-refractivity contribution in [3.05, 3.63) is 0 Å². The Hall–Kier alpha value is 0.210. The second-order valence-electron chi connectivity index (χ2n) is 0.278. The van der Waals surface area contributed by atoms with Crippen molar-refractivity contribution in [1.29, 1.82) is 0 Å². The van der Waals surface area contributed by atoms with Gasteiger partial charge in [0.1, 0.15) is 0 Å². The average molecular weight is 84.1 g/mol. The Balaban J connectivity index is 2.32. The Labute approximate surface area is 28.2 Å². The van der Waals surface area contributed by atoms with Crippen molar-refractivity contribution in [3.63, 3.8) is 0 Å². The van der Waals surface area contributed by atoms with Gasteiger partial charge in [0.2, 0.25) is 0 Å². The van der Waals surface area contributed by atoms with E-state index in [0.29, 0.717) is 0 Å². The van der Waals surface area contributed by atoms with E-state index in [4.69, 9.17) is 0 Å². The SMILES string of the molecule is FC(F)S. The summed E-state index contributed by atoms with van der Waals surface area (Å²) in [6.45, 7) is 0. The molecule has 4 heavy (non-hydrogen) atoms. The van der Waals surface area contributed by atoms with Gasteiger partial charge in [-0.15, -0.1) is 12.6 Å². The van der Waals surface area contributed by atoms with E-state index in [-0.39, 0.29) is 0 Å². The van der Waals surface area contributed by atoms with E-state index in [0.717, 1.165) is 0 Å². The maximum absolute atomic E-state index is 10.2.